The lowest BCUT2D eigenvalue weighted by atomic mass is 10.2. The van der Waals surface area contributed by atoms with Gasteiger partial charge in [0.1, 0.15) is 17.3 Å². The van der Waals surface area contributed by atoms with Crippen LogP contribution in [0.5, 0.6) is 0 Å². The quantitative estimate of drug-likeness (QED) is 0.563. The van der Waals surface area contributed by atoms with E-state index in [1.807, 2.05) is 0 Å². The molecule has 6 nitrogen and oxygen atoms in total. The van der Waals surface area contributed by atoms with Gasteiger partial charge in [0.25, 0.3) is 0 Å². The molecule has 0 unspecified atom stereocenters. The Bertz CT molecular complexity index is 1020. The summed E-state index contributed by atoms with van der Waals surface area (Å²) in [6.45, 7) is -0.833. The molecule has 30 heavy (non-hydrogen) atoms. The maximum absolute atomic E-state index is 14.2. The summed E-state index contributed by atoms with van der Waals surface area (Å²) in [4.78, 5) is 23.8. The van der Waals surface area contributed by atoms with Crippen LogP contribution in [0.15, 0.2) is 54.9 Å². The highest BCUT2D eigenvalue weighted by Crippen LogP contribution is 2.26. The predicted octanol–water partition coefficient (Wildman–Crippen LogP) is 3.73. The van der Waals surface area contributed by atoms with Gasteiger partial charge in [-0.05, 0) is 36.4 Å². The molecule has 3 aromatic rings. The first-order chi connectivity index (χ1) is 14.3. The minimum absolute atomic E-state index is 0.0945. The van der Waals surface area contributed by atoms with E-state index in [-0.39, 0.29) is 40.9 Å². The van der Waals surface area contributed by atoms with Gasteiger partial charge in [-0.3, -0.25) is 14.8 Å². The fourth-order valence-electron chi connectivity index (χ4n) is 2.52. The van der Waals surface area contributed by atoms with Crippen molar-refractivity contribution in [3.05, 3.63) is 82.8 Å². The first-order valence-corrected chi connectivity index (χ1v) is 9.27. The summed E-state index contributed by atoms with van der Waals surface area (Å²) in [7, 11) is 0. The van der Waals surface area contributed by atoms with Crippen LogP contribution in [0.4, 0.5) is 19.0 Å². The lowest BCUT2D eigenvalue weighted by Crippen LogP contribution is -2.27. The summed E-state index contributed by atoms with van der Waals surface area (Å²) in [6.07, 6.45) is 2.50. The predicted molar refractivity (Wildman–Crippen MR) is 106 cm³/mol. The number of pyridine rings is 3. The van der Waals surface area contributed by atoms with Crippen molar-refractivity contribution in [1.82, 2.24) is 20.3 Å². The number of carbonyl (C=O) groups is 1. The largest absolute Gasteiger partial charge is 0.364 e. The molecule has 10 heteroatoms. The summed E-state index contributed by atoms with van der Waals surface area (Å²) < 4.78 is 42.1. The van der Waals surface area contributed by atoms with Crippen LogP contribution in [0, 0.1) is 5.82 Å². The van der Waals surface area contributed by atoms with Crippen LogP contribution in [-0.4, -0.2) is 27.4 Å². The smallest absolute Gasteiger partial charge is 0.306 e. The number of amides is 1. The normalized spacial score (nSPS) is 11.2. The van der Waals surface area contributed by atoms with E-state index in [0.29, 0.717) is 0 Å². The number of alkyl halides is 2. The Balaban J connectivity index is 1.60. The molecule has 0 aromatic carbocycles. The van der Waals surface area contributed by atoms with Crippen LogP contribution >= 0.6 is 11.6 Å². The van der Waals surface area contributed by atoms with Crippen LogP contribution in [0.3, 0.4) is 0 Å². The average molecular weight is 436 g/mol. The first kappa shape index (κ1) is 21.5. The van der Waals surface area contributed by atoms with Gasteiger partial charge >= 0.3 is 5.92 Å². The Morgan fingerprint density at radius 1 is 1.03 bits per heavy atom. The molecule has 3 heterocycles. The van der Waals surface area contributed by atoms with Crippen molar-refractivity contribution in [2.75, 3.05) is 11.9 Å². The van der Waals surface area contributed by atoms with Crippen molar-refractivity contribution >= 4 is 23.3 Å². The molecule has 0 saturated heterocycles. The Kier molecular flexibility index (Phi) is 6.83. The number of anilines is 1. The molecule has 0 saturated carbocycles. The van der Waals surface area contributed by atoms with E-state index < -0.39 is 24.2 Å². The number of nitrogens with one attached hydrogen (secondary N) is 2. The second-order valence-electron chi connectivity index (χ2n) is 6.28. The second kappa shape index (κ2) is 9.53. The van der Waals surface area contributed by atoms with Gasteiger partial charge in [-0.2, -0.15) is 8.78 Å². The summed E-state index contributed by atoms with van der Waals surface area (Å²) in [5.41, 5.74) is -0.0771. The van der Waals surface area contributed by atoms with E-state index in [2.05, 4.69) is 25.6 Å². The number of halogens is 4. The minimum Gasteiger partial charge on any atom is -0.364 e. The standard InChI is InChI=1S/C20H17ClF3N5O/c21-13-6-7-18(28-12-20(23,24)17-5-1-2-8-26-17)29-15(13)10-19(30)27-11-16-14(22)4-3-9-25-16/h1-9H,10-12H2,(H,27,30)(H,28,29). The Morgan fingerprint density at radius 3 is 2.57 bits per heavy atom. The summed E-state index contributed by atoms with van der Waals surface area (Å²) >= 11 is 6.07. The maximum atomic E-state index is 14.2. The van der Waals surface area contributed by atoms with Gasteiger partial charge in [-0.25, -0.2) is 9.37 Å². The number of hydrogen-bond acceptors (Lipinski definition) is 5. The highest BCUT2D eigenvalue weighted by atomic mass is 35.5. The number of hydrogen-bond donors (Lipinski definition) is 2. The molecular weight excluding hydrogens is 419 g/mol. The van der Waals surface area contributed by atoms with Gasteiger partial charge in [0.2, 0.25) is 5.91 Å². The second-order valence-corrected chi connectivity index (χ2v) is 6.69. The molecule has 0 fully saturated rings. The molecule has 156 valence electrons. The van der Waals surface area contributed by atoms with Crippen LogP contribution in [-0.2, 0) is 23.7 Å². The molecule has 3 rings (SSSR count). The summed E-state index contributed by atoms with van der Waals surface area (Å²) in [5.74, 6) is -4.08. The van der Waals surface area contributed by atoms with E-state index in [0.717, 1.165) is 0 Å². The molecular formula is C20H17ClF3N5O. The van der Waals surface area contributed by atoms with Gasteiger partial charge in [-0.15, -0.1) is 0 Å². The van der Waals surface area contributed by atoms with Crippen molar-refractivity contribution in [3.8, 4) is 0 Å². The fourth-order valence-corrected chi connectivity index (χ4v) is 2.70. The van der Waals surface area contributed by atoms with Gasteiger partial charge < -0.3 is 10.6 Å². The van der Waals surface area contributed by atoms with Gasteiger partial charge in [0.15, 0.2) is 0 Å². The van der Waals surface area contributed by atoms with Crippen LogP contribution in [0.1, 0.15) is 17.1 Å². The van der Waals surface area contributed by atoms with Gasteiger partial charge in [0, 0.05) is 12.4 Å². The van der Waals surface area contributed by atoms with E-state index >= 15 is 0 Å². The maximum Gasteiger partial charge on any atom is 0.306 e. The van der Waals surface area contributed by atoms with E-state index in [9.17, 15) is 18.0 Å². The third-order valence-corrected chi connectivity index (χ3v) is 4.41. The molecule has 0 aliphatic heterocycles. The summed E-state index contributed by atoms with van der Waals surface area (Å²) in [6, 6.07) is 9.83. The SMILES string of the molecule is O=C(Cc1nc(NCC(F)(F)c2ccccn2)ccc1Cl)NCc1ncccc1F. The number of nitrogens with zero attached hydrogens (tertiary/aromatic N) is 3. The minimum atomic E-state index is -3.22. The summed E-state index contributed by atoms with van der Waals surface area (Å²) in [5, 5.41) is 5.27. The molecule has 0 bridgehead atoms. The zero-order valence-electron chi connectivity index (χ0n) is 15.6. The lowest BCUT2D eigenvalue weighted by Gasteiger charge is -2.17. The molecule has 0 aliphatic carbocycles. The number of carbonyl (C=O) groups excluding carboxylic acids is 1. The molecule has 0 atom stereocenters. The number of aromatic nitrogens is 3. The van der Waals surface area contributed by atoms with Crippen molar-refractivity contribution in [1.29, 1.82) is 0 Å². The average Bonchev–Trinajstić information content (AvgIpc) is 2.74. The highest BCUT2D eigenvalue weighted by molar-refractivity contribution is 6.31. The molecule has 0 radical (unpaired) electrons. The van der Waals surface area contributed by atoms with Crippen molar-refractivity contribution in [2.24, 2.45) is 0 Å². The lowest BCUT2D eigenvalue weighted by molar-refractivity contribution is -0.120. The topological polar surface area (TPSA) is 79.8 Å². The van der Waals surface area contributed by atoms with Crippen molar-refractivity contribution in [3.63, 3.8) is 0 Å². The van der Waals surface area contributed by atoms with Crippen molar-refractivity contribution in [2.45, 2.75) is 18.9 Å². The fraction of sp³-hybridized carbons (Fsp3) is 0.200. The Hall–Kier alpha value is -3.20. The molecule has 0 aliphatic rings. The molecule has 3 aromatic heterocycles. The Morgan fingerprint density at radius 2 is 1.83 bits per heavy atom. The molecule has 2 N–H and O–H groups in total. The van der Waals surface area contributed by atoms with E-state index in [1.165, 1.54) is 48.8 Å². The third-order valence-electron chi connectivity index (χ3n) is 4.07. The zero-order valence-corrected chi connectivity index (χ0v) is 16.3. The van der Waals surface area contributed by atoms with E-state index in [1.54, 1.807) is 6.07 Å². The van der Waals surface area contributed by atoms with Crippen LogP contribution in [0.2, 0.25) is 5.02 Å². The van der Waals surface area contributed by atoms with Gasteiger partial charge in [-0.1, -0.05) is 17.7 Å². The zero-order chi connectivity index (χ0) is 21.6. The molecule has 0 spiro atoms. The van der Waals surface area contributed by atoms with Gasteiger partial charge in [0.05, 0.1) is 35.9 Å². The highest BCUT2D eigenvalue weighted by Gasteiger charge is 2.32. The van der Waals surface area contributed by atoms with E-state index in [4.69, 9.17) is 11.6 Å². The van der Waals surface area contributed by atoms with Crippen LogP contribution in [0.25, 0.3) is 0 Å². The number of rotatable bonds is 8. The Labute approximate surface area is 175 Å². The first-order valence-electron chi connectivity index (χ1n) is 8.90. The monoisotopic (exact) mass is 435 g/mol. The third kappa shape index (κ3) is 5.66. The van der Waals surface area contributed by atoms with Crippen molar-refractivity contribution < 1.29 is 18.0 Å². The van der Waals surface area contributed by atoms with Crippen LogP contribution < -0.4 is 10.6 Å². The molecule has 1 amide bonds.